The van der Waals surface area contributed by atoms with Crippen molar-refractivity contribution in [2.24, 2.45) is 0 Å². The molecule has 138 valence electrons. The molecule has 1 aromatic heterocycles. The topological polar surface area (TPSA) is 67.3 Å². The molecule has 0 aliphatic rings. The van der Waals surface area contributed by atoms with Crippen LogP contribution in [0.5, 0.6) is 11.5 Å². The van der Waals surface area contributed by atoms with Crippen molar-refractivity contribution < 1.29 is 9.84 Å². The zero-order valence-corrected chi connectivity index (χ0v) is 15.1. The van der Waals surface area contributed by atoms with Gasteiger partial charge in [-0.3, -0.25) is 0 Å². The zero-order valence-electron chi connectivity index (χ0n) is 15.1. The van der Waals surface area contributed by atoms with E-state index in [0.29, 0.717) is 0 Å². The first-order valence-corrected chi connectivity index (χ1v) is 8.94. The van der Waals surface area contributed by atoms with Crippen molar-refractivity contribution in [3.8, 4) is 11.5 Å². The first-order chi connectivity index (χ1) is 13.8. The van der Waals surface area contributed by atoms with Crippen molar-refractivity contribution in [2.75, 3.05) is 11.9 Å². The molecule has 5 nitrogen and oxygen atoms in total. The number of hydrogen-bond acceptors (Lipinski definition) is 5. The van der Waals surface area contributed by atoms with Gasteiger partial charge in [0.2, 0.25) is 0 Å². The lowest BCUT2D eigenvalue weighted by Gasteiger charge is -2.10. The average molecular weight is 369 g/mol. The highest BCUT2D eigenvalue weighted by molar-refractivity contribution is 5.92. The van der Waals surface area contributed by atoms with E-state index in [9.17, 15) is 0 Å². The van der Waals surface area contributed by atoms with Gasteiger partial charge in [-0.05, 0) is 54.1 Å². The molecule has 28 heavy (non-hydrogen) atoms. The van der Waals surface area contributed by atoms with Gasteiger partial charge in [0, 0.05) is 11.1 Å². The van der Waals surface area contributed by atoms with Crippen LogP contribution in [0.4, 0.5) is 11.5 Å². The van der Waals surface area contributed by atoms with Crippen molar-refractivity contribution in [1.82, 2.24) is 9.97 Å². The summed E-state index contributed by atoms with van der Waals surface area (Å²) in [6.07, 6.45) is 5.11. The third-order valence-electron chi connectivity index (χ3n) is 4.17. The number of aliphatic hydroxyl groups excluding tert-OH is 1. The number of hydrogen-bond donors (Lipinski definition) is 2. The van der Waals surface area contributed by atoms with E-state index in [4.69, 9.17) is 9.84 Å². The Hall–Kier alpha value is -3.70. The second kappa shape index (κ2) is 8.33. The predicted molar refractivity (Wildman–Crippen MR) is 112 cm³/mol. The number of anilines is 2. The average Bonchev–Trinajstić information content (AvgIpc) is 2.75. The van der Waals surface area contributed by atoms with Crippen molar-refractivity contribution in [3.63, 3.8) is 0 Å². The second-order valence-corrected chi connectivity index (χ2v) is 6.15. The maximum Gasteiger partial charge on any atom is 0.141 e. The molecule has 0 spiro atoms. The Kier molecular flexibility index (Phi) is 5.26. The molecule has 0 saturated carbocycles. The van der Waals surface area contributed by atoms with Crippen LogP contribution in [0.25, 0.3) is 17.0 Å². The van der Waals surface area contributed by atoms with E-state index in [-0.39, 0.29) is 6.61 Å². The molecule has 1 heterocycles. The minimum Gasteiger partial charge on any atom is -0.457 e. The van der Waals surface area contributed by atoms with Gasteiger partial charge in [-0.2, -0.15) is 0 Å². The molecule has 0 aliphatic heterocycles. The third-order valence-corrected chi connectivity index (χ3v) is 4.17. The van der Waals surface area contributed by atoms with Crippen LogP contribution in [-0.2, 0) is 0 Å². The Labute approximate surface area is 163 Å². The molecule has 0 fully saturated rings. The van der Waals surface area contributed by atoms with E-state index in [1.54, 1.807) is 12.4 Å². The highest BCUT2D eigenvalue weighted by Crippen LogP contribution is 2.27. The molecule has 0 radical (unpaired) electrons. The number of para-hydroxylation sites is 1. The summed E-state index contributed by atoms with van der Waals surface area (Å²) in [7, 11) is 0. The predicted octanol–water partition coefficient (Wildman–Crippen LogP) is 5.17. The molecule has 0 saturated heterocycles. The summed E-state index contributed by atoms with van der Waals surface area (Å²) >= 11 is 0. The van der Waals surface area contributed by atoms with E-state index in [0.717, 1.165) is 39.5 Å². The maximum atomic E-state index is 8.97. The lowest BCUT2D eigenvalue weighted by atomic mass is 10.1. The smallest absolute Gasteiger partial charge is 0.141 e. The molecule has 0 atom stereocenters. The number of benzene rings is 3. The number of nitrogens with zero attached hydrogens (tertiary/aromatic N) is 2. The van der Waals surface area contributed by atoms with Gasteiger partial charge in [-0.25, -0.2) is 9.97 Å². The Morgan fingerprint density at radius 3 is 2.46 bits per heavy atom. The Bertz CT molecular complexity index is 1090. The summed E-state index contributed by atoms with van der Waals surface area (Å²) in [6.45, 7) is 0.00579. The Balaban J connectivity index is 1.56. The van der Waals surface area contributed by atoms with Gasteiger partial charge < -0.3 is 15.2 Å². The summed E-state index contributed by atoms with van der Waals surface area (Å²) < 4.78 is 5.83. The quantitative estimate of drug-likeness (QED) is 0.491. The Morgan fingerprint density at radius 2 is 1.68 bits per heavy atom. The van der Waals surface area contributed by atoms with E-state index in [1.165, 1.54) is 0 Å². The summed E-state index contributed by atoms with van der Waals surface area (Å²) in [5, 5.41) is 13.2. The standard InChI is InChI=1S/C23H19N3O2/c27-14-4-5-17-8-13-22-21(15-17)23(25-16-24-22)26-18-9-11-20(12-10-18)28-19-6-2-1-3-7-19/h1-13,15-16,27H,14H2,(H,24,25,26). The van der Waals surface area contributed by atoms with Crippen LogP contribution >= 0.6 is 0 Å². The molecule has 4 rings (SSSR count). The van der Waals surface area contributed by atoms with E-state index in [2.05, 4.69) is 15.3 Å². The third kappa shape index (κ3) is 4.16. The van der Waals surface area contributed by atoms with Crippen molar-refractivity contribution in [1.29, 1.82) is 0 Å². The lowest BCUT2D eigenvalue weighted by molar-refractivity contribution is 0.343. The number of fused-ring (bicyclic) bond motifs is 1. The van der Waals surface area contributed by atoms with Gasteiger partial charge in [0.15, 0.2) is 0 Å². The molecule has 0 amide bonds. The van der Waals surface area contributed by atoms with Crippen molar-refractivity contribution in [3.05, 3.63) is 90.8 Å². The number of nitrogens with one attached hydrogen (secondary N) is 1. The molecule has 0 unspecified atom stereocenters. The fraction of sp³-hybridized carbons (Fsp3) is 0.0435. The maximum absolute atomic E-state index is 8.97. The largest absolute Gasteiger partial charge is 0.457 e. The van der Waals surface area contributed by atoms with Crippen LogP contribution in [0.3, 0.4) is 0 Å². The molecule has 4 aromatic rings. The number of aromatic nitrogens is 2. The summed E-state index contributed by atoms with van der Waals surface area (Å²) in [6, 6.07) is 23.3. The normalized spacial score (nSPS) is 11.0. The lowest BCUT2D eigenvalue weighted by Crippen LogP contribution is -1.96. The van der Waals surface area contributed by atoms with Gasteiger partial charge in [-0.1, -0.05) is 36.4 Å². The highest BCUT2D eigenvalue weighted by Gasteiger charge is 2.05. The van der Waals surface area contributed by atoms with E-state index < -0.39 is 0 Å². The minimum atomic E-state index is 0.00579. The molecule has 0 aliphatic carbocycles. The first-order valence-electron chi connectivity index (χ1n) is 8.94. The SMILES string of the molecule is OCC=Cc1ccc2ncnc(Nc3ccc(Oc4ccccc4)cc3)c2c1. The van der Waals surface area contributed by atoms with Crippen molar-refractivity contribution >= 4 is 28.5 Å². The Morgan fingerprint density at radius 1 is 0.893 bits per heavy atom. The summed E-state index contributed by atoms with van der Waals surface area (Å²) in [4.78, 5) is 8.71. The van der Waals surface area contributed by atoms with Gasteiger partial charge in [0.1, 0.15) is 23.6 Å². The van der Waals surface area contributed by atoms with Gasteiger partial charge in [0.05, 0.1) is 12.1 Å². The minimum absolute atomic E-state index is 0.00579. The van der Waals surface area contributed by atoms with E-state index in [1.807, 2.05) is 78.9 Å². The van der Waals surface area contributed by atoms with Gasteiger partial charge in [0.25, 0.3) is 0 Å². The van der Waals surface area contributed by atoms with Gasteiger partial charge in [-0.15, -0.1) is 0 Å². The van der Waals surface area contributed by atoms with Crippen LogP contribution < -0.4 is 10.1 Å². The molecule has 5 heteroatoms. The van der Waals surface area contributed by atoms with Gasteiger partial charge >= 0.3 is 0 Å². The fourth-order valence-corrected chi connectivity index (χ4v) is 2.83. The van der Waals surface area contributed by atoms with Crippen LogP contribution in [0.15, 0.2) is 85.2 Å². The fourth-order valence-electron chi connectivity index (χ4n) is 2.83. The summed E-state index contributed by atoms with van der Waals surface area (Å²) in [5.41, 5.74) is 2.73. The molecule has 3 aromatic carbocycles. The van der Waals surface area contributed by atoms with Crippen LogP contribution in [0.1, 0.15) is 5.56 Å². The monoisotopic (exact) mass is 369 g/mol. The zero-order chi connectivity index (χ0) is 19.2. The number of ether oxygens (including phenoxy) is 1. The molecular weight excluding hydrogens is 350 g/mol. The van der Waals surface area contributed by atoms with Crippen LogP contribution in [0.2, 0.25) is 0 Å². The van der Waals surface area contributed by atoms with Crippen LogP contribution in [-0.4, -0.2) is 21.7 Å². The van der Waals surface area contributed by atoms with Crippen molar-refractivity contribution in [2.45, 2.75) is 0 Å². The van der Waals surface area contributed by atoms with E-state index >= 15 is 0 Å². The second-order valence-electron chi connectivity index (χ2n) is 6.15. The highest BCUT2D eigenvalue weighted by atomic mass is 16.5. The summed E-state index contributed by atoms with van der Waals surface area (Å²) in [5.74, 6) is 2.29. The first kappa shape index (κ1) is 17.7. The number of aliphatic hydroxyl groups is 1. The number of rotatable bonds is 6. The molecule has 0 bridgehead atoms. The molecular formula is C23H19N3O2. The molecule has 2 N–H and O–H groups in total. The van der Waals surface area contributed by atoms with Crippen LogP contribution in [0, 0.1) is 0 Å².